The van der Waals surface area contributed by atoms with Crippen LogP contribution in [0.5, 0.6) is 5.75 Å². The van der Waals surface area contributed by atoms with E-state index < -0.39 is 0 Å². The van der Waals surface area contributed by atoms with Crippen molar-refractivity contribution >= 4 is 0 Å². The van der Waals surface area contributed by atoms with Crippen molar-refractivity contribution in [2.75, 3.05) is 7.11 Å². The van der Waals surface area contributed by atoms with Gasteiger partial charge in [0, 0.05) is 17.8 Å². The third kappa shape index (κ3) is 2.83. The molecule has 0 radical (unpaired) electrons. The molecule has 0 amide bonds. The predicted molar refractivity (Wildman–Crippen MR) is 73.5 cm³/mol. The van der Waals surface area contributed by atoms with Gasteiger partial charge in [-0.1, -0.05) is 26.2 Å². The highest BCUT2D eigenvalue weighted by atomic mass is 16.5. The smallest absolute Gasteiger partial charge is 0.141 e. The van der Waals surface area contributed by atoms with Gasteiger partial charge in [-0.25, -0.2) is 0 Å². The molecule has 0 saturated heterocycles. The molecule has 2 rings (SSSR count). The molecule has 18 heavy (non-hydrogen) atoms. The number of hydrogen-bond donors (Lipinski definition) is 1. The summed E-state index contributed by atoms with van der Waals surface area (Å²) in [6.45, 7) is 2.29. The first-order valence-electron chi connectivity index (χ1n) is 6.99. The second-order valence-electron chi connectivity index (χ2n) is 5.33. The van der Waals surface area contributed by atoms with Crippen LogP contribution in [0.1, 0.15) is 50.6 Å². The van der Waals surface area contributed by atoms with Gasteiger partial charge < -0.3 is 10.5 Å². The minimum atomic E-state index is 0.0840. The van der Waals surface area contributed by atoms with Crippen LogP contribution >= 0.6 is 0 Å². The summed E-state index contributed by atoms with van der Waals surface area (Å²) in [6.07, 6.45) is 9.99. The number of aromatic nitrogens is 1. The van der Waals surface area contributed by atoms with E-state index in [1.54, 1.807) is 19.5 Å². The van der Waals surface area contributed by atoms with Gasteiger partial charge in [0.25, 0.3) is 0 Å². The van der Waals surface area contributed by atoms with E-state index in [1.807, 2.05) is 6.07 Å². The lowest BCUT2D eigenvalue weighted by Crippen LogP contribution is -2.26. The first-order chi connectivity index (χ1) is 8.76. The Bertz CT molecular complexity index is 373. The molecule has 0 bridgehead atoms. The second kappa shape index (κ2) is 6.19. The average Bonchev–Trinajstić information content (AvgIpc) is 2.46. The molecule has 1 atom stereocenters. The van der Waals surface area contributed by atoms with Crippen molar-refractivity contribution in [1.82, 2.24) is 4.98 Å². The Labute approximate surface area is 110 Å². The lowest BCUT2D eigenvalue weighted by atomic mass is 9.76. The first-order valence-corrected chi connectivity index (χ1v) is 6.99. The van der Waals surface area contributed by atoms with E-state index >= 15 is 0 Å². The van der Waals surface area contributed by atoms with Crippen molar-refractivity contribution in [2.24, 2.45) is 17.6 Å². The second-order valence-corrected chi connectivity index (χ2v) is 5.33. The van der Waals surface area contributed by atoms with Crippen molar-refractivity contribution in [1.29, 1.82) is 0 Å². The van der Waals surface area contributed by atoms with Crippen LogP contribution in [0.4, 0.5) is 0 Å². The highest BCUT2D eigenvalue weighted by molar-refractivity contribution is 5.33. The molecule has 1 aliphatic rings. The first kappa shape index (κ1) is 13.3. The fourth-order valence-corrected chi connectivity index (χ4v) is 3.05. The molecule has 1 aromatic rings. The van der Waals surface area contributed by atoms with Crippen molar-refractivity contribution in [3.05, 3.63) is 24.0 Å². The number of hydrogen-bond acceptors (Lipinski definition) is 3. The van der Waals surface area contributed by atoms with Gasteiger partial charge >= 0.3 is 0 Å². The van der Waals surface area contributed by atoms with Gasteiger partial charge in [-0.15, -0.1) is 0 Å². The van der Waals surface area contributed by atoms with Crippen molar-refractivity contribution in [3.8, 4) is 5.75 Å². The van der Waals surface area contributed by atoms with Crippen LogP contribution in [0.3, 0.4) is 0 Å². The van der Waals surface area contributed by atoms with E-state index in [1.165, 1.54) is 32.1 Å². The minimum Gasteiger partial charge on any atom is -0.495 e. The maximum atomic E-state index is 6.43. The van der Waals surface area contributed by atoms with Crippen LogP contribution in [0.15, 0.2) is 18.5 Å². The van der Waals surface area contributed by atoms with Gasteiger partial charge in [0.15, 0.2) is 0 Å². The molecule has 1 heterocycles. The average molecular weight is 248 g/mol. The Hall–Kier alpha value is -1.09. The van der Waals surface area contributed by atoms with E-state index in [9.17, 15) is 0 Å². The summed E-state index contributed by atoms with van der Waals surface area (Å²) in [5.41, 5.74) is 7.53. The normalized spacial score (nSPS) is 25.7. The number of ether oxygens (including phenoxy) is 1. The molecule has 1 fully saturated rings. The molecule has 1 saturated carbocycles. The fourth-order valence-electron chi connectivity index (χ4n) is 3.05. The third-order valence-electron chi connectivity index (χ3n) is 4.37. The van der Waals surface area contributed by atoms with Gasteiger partial charge in [0.05, 0.1) is 13.3 Å². The summed E-state index contributed by atoms with van der Waals surface area (Å²) in [7, 11) is 1.68. The lowest BCUT2D eigenvalue weighted by molar-refractivity contribution is 0.237. The minimum absolute atomic E-state index is 0.0840. The van der Waals surface area contributed by atoms with Crippen LogP contribution in [-0.4, -0.2) is 12.1 Å². The summed E-state index contributed by atoms with van der Waals surface area (Å²) in [5, 5.41) is 0. The van der Waals surface area contributed by atoms with Crippen LogP contribution in [0.25, 0.3) is 0 Å². The Morgan fingerprint density at radius 2 is 2.11 bits per heavy atom. The summed E-state index contributed by atoms with van der Waals surface area (Å²) >= 11 is 0. The molecular formula is C15H24N2O. The standard InChI is InChI=1S/C15H24N2O/c1-3-11-4-6-12(7-5-11)15(16)13-8-9-17-10-14(13)18-2/h8-12,15H,3-7,16H2,1-2H3. The Kier molecular flexibility index (Phi) is 4.59. The van der Waals surface area contributed by atoms with E-state index in [-0.39, 0.29) is 6.04 Å². The van der Waals surface area contributed by atoms with E-state index in [4.69, 9.17) is 10.5 Å². The molecule has 2 N–H and O–H groups in total. The zero-order valence-electron chi connectivity index (χ0n) is 11.4. The number of rotatable bonds is 4. The maximum Gasteiger partial charge on any atom is 0.141 e. The summed E-state index contributed by atoms with van der Waals surface area (Å²) in [5.74, 6) is 2.32. The molecule has 0 aromatic carbocycles. The molecule has 0 spiro atoms. The zero-order valence-corrected chi connectivity index (χ0v) is 11.4. The number of methoxy groups -OCH3 is 1. The van der Waals surface area contributed by atoms with Crippen LogP contribution in [0.2, 0.25) is 0 Å². The summed E-state index contributed by atoms with van der Waals surface area (Å²) in [6, 6.07) is 2.08. The van der Waals surface area contributed by atoms with E-state index in [0.717, 1.165) is 17.2 Å². The molecular weight excluding hydrogens is 224 g/mol. The predicted octanol–water partition coefficient (Wildman–Crippen LogP) is 3.31. The summed E-state index contributed by atoms with van der Waals surface area (Å²) < 4.78 is 5.36. The molecule has 1 unspecified atom stereocenters. The van der Waals surface area contributed by atoms with Crippen molar-refractivity contribution < 1.29 is 4.74 Å². The maximum absolute atomic E-state index is 6.43. The van der Waals surface area contributed by atoms with E-state index in [0.29, 0.717) is 5.92 Å². The topological polar surface area (TPSA) is 48.1 Å². The molecule has 1 aromatic heterocycles. The SMILES string of the molecule is CCC1CCC(C(N)c2ccncc2OC)CC1. The molecule has 100 valence electrons. The largest absolute Gasteiger partial charge is 0.495 e. The van der Waals surface area contributed by atoms with Crippen LogP contribution < -0.4 is 10.5 Å². The molecule has 0 aliphatic heterocycles. The highest BCUT2D eigenvalue weighted by Gasteiger charge is 2.27. The highest BCUT2D eigenvalue weighted by Crippen LogP contribution is 2.38. The van der Waals surface area contributed by atoms with Crippen molar-refractivity contribution in [2.45, 2.75) is 45.1 Å². The molecule has 3 nitrogen and oxygen atoms in total. The van der Waals surface area contributed by atoms with Crippen LogP contribution in [-0.2, 0) is 0 Å². The fraction of sp³-hybridized carbons (Fsp3) is 0.667. The Morgan fingerprint density at radius 3 is 2.72 bits per heavy atom. The zero-order chi connectivity index (χ0) is 13.0. The van der Waals surface area contributed by atoms with Gasteiger partial charge in [0.2, 0.25) is 0 Å². The number of nitrogens with zero attached hydrogens (tertiary/aromatic N) is 1. The number of pyridine rings is 1. The van der Waals surface area contributed by atoms with Crippen LogP contribution in [0, 0.1) is 11.8 Å². The van der Waals surface area contributed by atoms with Gasteiger partial charge in [-0.05, 0) is 30.7 Å². The van der Waals surface area contributed by atoms with Gasteiger partial charge in [-0.3, -0.25) is 4.98 Å². The van der Waals surface area contributed by atoms with Gasteiger partial charge in [0.1, 0.15) is 5.75 Å². The van der Waals surface area contributed by atoms with Crippen molar-refractivity contribution in [3.63, 3.8) is 0 Å². The van der Waals surface area contributed by atoms with Gasteiger partial charge in [-0.2, -0.15) is 0 Å². The summed E-state index contributed by atoms with van der Waals surface area (Å²) in [4.78, 5) is 4.09. The van der Waals surface area contributed by atoms with E-state index in [2.05, 4.69) is 11.9 Å². The Morgan fingerprint density at radius 1 is 1.39 bits per heavy atom. The third-order valence-corrected chi connectivity index (χ3v) is 4.37. The Balaban J connectivity index is 2.05. The lowest BCUT2D eigenvalue weighted by Gasteiger charge is -2.32. The number of nitrogens with two attached hydrogens (primary N) is 1. The molecule has 3 heteroatoms. The quantitative estimate of drug-likeness (QED) is 0.889. The monoisotopic (exact) mass is 248 g/mol. The molecule has 1 aliphatic carbocycles.